The molecule has 0 aliphatic carbocycles. The van der Waals surface area contributed by atoms with Crippen LogP contribution >= 0.6 is 7.26 Å². The largest absolute Gasteiger partial charge is 1.00 e. The van der Waals surface area contributed by atoms with Gasteiger partial charge in [0.15, 0.2) is 0 Å². The summed E-state index contributed by atoms with van der Waals surface area (Å²) in [5.74, 6) is 0.234. The van der Waals surface area contributed by atoms with Crippen LogP contribution in [0.2, 0.25) is 0 Å². The van der Waals surface area contributed by atoms with Gasteiger partial charge in [0.1, 0.15) is 35.1 Å². The molecule has 0 radical (unpaired) electrons. The van der Waals surface area contributed by atoms with Gasteiger partial charge in [-0.25, -0.2) is 0 Å². The molecular formula is C35H29BrNO3P. The van der Waals surface area contributed by atoms with Crippen molar-refractivity contribution in [3.05, 3.63) is 156 Å². The van der Waals surface area contributed by atoms with Crippen LogP contribution in [0.15, 0.2) is 133 Å². The first kappa shape index (κ1) is 28.5. The van der Waals surface area contributed by atoms with E-state index >= 15 is 0 Å². The highest BCUT2D eigenvalue weighted by Gasteiger charge is 2.46. The van der Waals surface area contributed by atoms with E-state index in [0.29, 0.717) is 11.1 Å². The fraction of sp³-hybridized carbons (Fsp3) is 0.0857. The van der Waals surface area contributed by atoms with Crippen molar-refractivity contribution in [2.45, 2.75) is 12.7 Å². The van der Waals surface area contributed by atoms with Gasteiger partial charge >= 0.3 is 0 Å². The third kappa shape index (κ3) is 5.24. The Morgan fingerprint density at radius 1 is 0.610 bits per heavy atom. The van der Waals surface area contributed by atoms with Crippen LogP contribution in [0, 0.1) is 0 Å². The van der Waals surface area contributed by atoms with Gasteiger partial charge < -0.3 is 21.7 Å². The molecule has 6 heteroatoms. The summed E-state index contributed by atoms with van der Waals surface area (Å²) in [5.41, 5.74) is 2.84. The second-order valence-corrected chi connectivity index (χ2v) is 13.3. The van der Waals surface area contributed by atoms with Gasteiger partial charge in [-0.15, -0.1) is 0 Å². The van der Waals surface area contributed by atoms with Crippen molar-refractivity contribution in [2.75, 3.05) is 7.11 Å². The van der Waals surface area contributed by atoms with Gasteiger partial charge in [-0.05, 0) is 60.2 Å². The number of fused-ring (bicyclic) bond motifs is 1. The van der Waals surface area contributed by atoms with E-state index in [9.17, 15) is 9.59 Å². The number of hydrogen-bond acceptors (Lipinski definition) is 3. The number of imide groups is 1. The van der Waals surface area contributed by atoms with E-state index in [2.05, 4.69) is 97.1 Å². The van der Waals surface area contributed by atoms with Crippen LogP contribution in [0.25, 0.3) is 0 Å². The molecule has 5 aromatic rings. The number of ether oxygens (including phenoxy) is 1. The molecule has 204 valence electrons. The van der Waals surface area contributed by atoms with Crippen LogP contribution in [0.4, 0.5) is 0 Å². The van der Waals surface area contributed by atoms with Gasteiger partial charge in [0.2, 0.25) is 0 Å². The first-order valence-corrected chi connectivity index (χ1v) is 15.2. The number of carbonyl (C=O) groups is 2. The summed E-state index contributed by atoms with van der Waals surface area (Å²) < 4.78 is 5.95. The number of halogens is 1. The maximum atomic E-state index is 13.0. The standard InChI is InChI=1S/C35H29NO3P.BrH/c1-39-33-23-26(24-36-34(37)31-19-11-12-20-32(31)35(36)38)21-22-27(33)25-40(28-13-5-2-6-14-28,29-15-7-3-8-16-29)30-17-9-4-10-18-30;/h2-23H,24-25H2,1H3;1H/q+1;/p-1. The normalized spacial score (nSPS) is 12.6. The van der Waals surface area contributed by atoms with Gasteiger partial charge in [-0.2, -0.15) is 0 Å². The average molecular weight is 622 g/mol. The summed E-state index contributed by atoms with van der Waals surface area (Å²) >= 11 is 0. The van der Waals surface area contributed by atoms with Gasteiger partial charge in [0, 0.05) is 5.56 Å². The minimum Gasteiger partial charge on any atom is -1.00 e. The summed E-state index contributed by atoms with van der Waals surface area (Å²) in [5, 5.41) is 3.89. The third-order valence-corrected chi connectivity index (χ3v) is 11.9. The monoisotopic (exact) mass is 621 g/mol. The Labute approximate surface area is 251 Å². The Morgan fingerprint density at radius 2 is 1.05 bits per heavy atom. The van der Waals surface area contributed by atoms with Crippen LogP contribution < -0.4 is 37.6 Å². The van der Waals surface area contributed by atoms with Crippen molar-refractivity contribution in [1.29, 1.82) is 0 Å². The molecule has 41 heavy (non-hydrogen) atoms. The van der Waals surface area contributed by atoms with Gasteiger partial charge in [-0.1, -0.05) is 78.9 Å². The van der Waals surface area contributed by atoms with Crippen molar-refractivity contribution in [2.24, 2.45) is 0 Å². The van der Waals surface area contributed by atoms with E-state index in [4.69, 9.17) is 4.74 Å². The van der Waals surface area contributed by atoms with Crippen LogP contribution in [0.1, 0.15) is 31.8 Å². The first-order chi connectivity index (χ1) is 19.6. The molecular weight excluding hydrogens is 593 g/mol. The Balaban J connectivity index is 0.00000337. The Bertz CT molecular complexity index is 1540. The molecule has 4 nitrogen and oxygen atoms in total. The number of amides is 2. The molecule has 6 rings (SSSR count). The van der Waals surface area contributed by atoms with Crippen molar-refractivity contribution >= 4 is 35.0 Å². The molecule has 0 saturated carbocycles. The average Bonchev–Trinajstić information content (AvgIpc) is 3.26. The Morgan fingerprint density at radius 3 is 1.49 bits per heavy atom. The molecule has 0 bridgehead atoms. The topological polar surface area (TPSA) is 46.6 Å². The lowest BCUT2D eigenvalue weighted by molar-refractivity contribution is -0.0000310. The van der Waals surface area contributed by atoms with Crippen molar-refractivity contribution in [3.63, 3.8) is 0 Å². The van der Waals surface area contributed by atoms with Crippen LogP contribution in [0.5, 0.6) is 5.75 Å². The maximum absolute atomic E-state index is 13.0. The molecule has 0 unspecified atom stereocenters. The summed E-state index contributed by atoms with van der Waals surface area (Å²) in [6.07, 6.45) is 0.765. The number of rotatable bonds is 8. The number of benzene rings is 5. The molecule has 5 aromatic carbocycles. The van der Waals surface area contributed by atoms with Crippen LogP contribution in [-0.4, -0.2) is 23.8 Å². The SMILES string of the molecule is COc1cc(CN2C(=O)c3ccccc3C2=O)ccc1C[P+](c1ccccc1)(c1ccccc1)c1ccccc1.[Br-]. The minimum atomic E-state index is -2.12. The lowest BCUT2D eigenvalue weighted by Crippen LogP contribution is -3.00. The van der Waals surface area contributed by atoms with E-state index < -0.39 is 7.26 Å². The van der Waals surface area contributed by atoms with Gasteiger partial charge in [-0.3, -0.25) is 14.5 Å². The second-order valence-electron chi connectivity index (χ2n) is 9.86. The molecule has 0 spiro atoms. The predicted octanol–water partition coefficient (Wildman–Crippen LogP) is 2.99. The quantitative estimate of drug-likeness (QED) is 0.198. The Hall–Kier alpha value is -4.05. The first-order valence-electron chi connectivity index (χ1n) is 13.3. The molecule has 0 atom stereocenters. The van der Waals surface area contributed by atoms with Crippen LogP contribution in [0.3, 0.4) is 0 Å². The fourth-order valence-electron chi connectivity index (χ4n) is 5.61. The predicted molar refractivity (Wildman–Crippen MR) is 162 cm³/mol. The lowest BCUT2D eigenvalue weighted by Gasteiger charge is -2.28. The maximum Gasteiger partial charge on any atom is 0.261 e. The lowest BCUT2D eigenvalue weighted by atomic mass is 10.1. The molecule has 0 aromatic heterocycles. The van der Waals surface area contributed by atoms with E-state index in [-0.39, 0.29) is 35.3 Å². The molecule has 0 N–H and O–H groups in total. The highest BCUT2D eigenvalue weighted by Crippen LogP contribution is 2.59. The molecule has 0 fully saturated rings. The summed E-state index contributed by atoms with van der Waals surface area (Å²) in [7, 11) is -0.439. The highest BCUT2D eigenvalue weighted by atomic mass is 79.9. The summed E-state index contributed by atoms with van der Waals surface area (Å²) in [6.45, 7) is 0.194. The Kier molecular flexibility index (Phi) is 8.49. The van der Waals surface area contributed by atoms with Gasteiger partial charge in [0.25, 0.3) is 11.8 Å². The number of methoxy groups -OCH3 is 1. The van der Waals surface area contributed by atoms with E-state index in [0.717, 1.165) is 23.0 Å². The molecule has 1 aliphatic heterocycles. The minimum absolute atomic E-state index is 0. The number of hydrogen-bond donors (Lipinski definition) is 0. The molecule has 0 saturated heterocycles. The van der Waals surface area contributed by atoms with Crippen molar-refractivity contribution < 1.29 is 31.3 Å². The molecule has 2 amide bonds. The van der Waals surface area contributed by atoms with E-state index in [1.165, 1.54) is 20.8 Å². The van der Waals surface area contributed by atoms with E-state index in [1.54, 1.807) is 31.4 Å². The zero-order chi connectivity index (χ0) is 27.5. The van der Waals surface area contributed by atoms with Crippen LogP contribution in [-0.2, 0) is 12.7 Å². The fourth-order valence-corrected chi connectivity index (χ4v) is 9.86. The number of carbonyl (C=O) groups excluding carboxylic acids is 2. The van der Waals surface area contributed by atoms with Gasteiger partial charge in [0.05, 0.1) is 24.8 Å². The van der Waals surface area contributed by atoms with Crippen molar-refractivity contribution in [3.8, 4) is 5.75 Å². The zero-order valence-electron chi connectivity index (χ0n) is 22.6. The smallest absolute Gasteiger partial charge is 0.261 e. The molecule has 1 aliphatic rings. The molecule has 1 heterocycles. The number of nitrogens with zero attached hydrogens (tertiary/aromatic N) is 1. The van der Waals surface area contributed by atoms with E-state index in [1.807, 2.05) is 12.1 Å². The van der Waals surface area contributed by atoms with Crippen molar-refractivity contribution in [1.82, 2.24) is 4.90 Å². The summed E-state index contributed by atoms with van der Waals surface area (Å²) in [6, 6.07) is 45.3. The third-order valence-electron chi connectivity index (χ3n) is 7.57. The summed E-state index contributed by atoms with van der Waals surface area (Å²) in [4.78, 5) is 27.3. The second kappa shape index (κ2) is 12.2. The highest BCUT2D eigenvalue weighted by molar-refractivity contribution is 7.95. The zero-order valence-corrected chi connectivity index (χ0v) is 25.1.